The molecule has 0 amide bonds. The first-order valence-electron chi connectivity index (χ1n) is 5.66. The molecule has 0 saturated heterocycles. The van der Waals surface area contributed by atoms with E-state index >= 15 is 0 Å². The van der Waals surface area contributed by atoms with Crippen LogP contribution < -0.4 is 0 Å². The van der Waals surface area contributed by atoms with Crippen LogP contribution in [0.15, 0.2) is 36.5 Å². The lowest BCUT2D eigenvalue weighted by Crippen LogP contribution is -2.13. The second-order valence-electron chi connectivity index (χ2n) is 4.20. The number of rotatable bonds is 4. The molecule has 0 aliphatic rings. The number of para-hydroxylation sites is 1. The highest BCUT2D eigenvalue weighted by Crippen LogP contribution is 2.13. The van der Waals surface area contributed by atoms with Crippen LogP contribution >= 0.6 is 0 Å². The van der Waals surface area contributed by atoms with E-state index in [4.69, 9.17) is 4.74 Å². The van der Waals surface area contributed by atoms with E-state index in [1.54, 1.807) is 6.20 Å². The first kappa shape index (κ1) is 11.7. The molecule has 0 spiro atoms. The number of benzene rings is 1. The number of aromatic nitrogens is 1. The molecule has 3 nitrogen and oxygen atoms in total. The van der Waals surface area contributed by atoms with Crippen LogP contribution in [0.4, 0.5) is 0 Å². The van der Waals surface area contributed by atoms with Crippen molar-refractivity contribution >= 4 is 16.7 Å². The van der Waals surface area contributed by atoms with Crippen molar-refractivity contribution in [1.29, 1.82) is 0 Å². The number of hydrogen-bond donors (Lipinski definition) is 0. The number of pyridine rings is 1. The lowest BCUT2D eigenvalue weighted by molar-refractivity contribution is 0.0584. The second-order valence-corrected chi connectivity index (χ2v) is 4.20. The van der Waals surface area contributed by atoms with Crippen LogP contribution in [0.1, 0.15) is 24.2 Å². The van der Waals surface area contributed by atoms with Crippen LogP contribution in [0.25, 0.3) is 10.9 Å². The van der Waals surface area contributed by atoms with Crippen molar-refractivity contribution in [3.8, 4) is 0 Å². The van der Waals surface area contributed by atoms with E-state index in [9.17, 15) is 4.79 Å². The zero-order valence-electron chi connectivity index (χ0n) is 10.0. The zero-order valence-corrected chi connectivity index (χ0v) is 10.0. The molecular weight excluding hydrogens is 214 g/mol. The Hall–Kier alpha value is -1.74. The standard InChI is InChI=1S/C14H15NO2/c1-10(2)17-9-14(16)12-7-11-5-3-4-6-13(11)15-8-12/h3-8,10H,9H2,1-2H3. The number of ketones is 1. The van der Waals surface area contributed by atoms with Crippen molar-refractivity contribution in [3.05, 3.63) is 42.1 Å². The van der Waals surface area contributed by atoms with Crippen LogP contribution in [0, 0.1) is 0 Å². The minimum Gasteiger partial charge on any atom is -0.371 e. The summed E-state index contributed by atoms with van der Waals surface area (Å²) in [6, 6.07) is 9.59. The number of Topliss-reactive ketones (excluding diaryl/α,β-unsaturated/α-hetero) is 1. The average molecular weight is 229 g/mol. The summed E-state index contributed by atoms with van der Waals surface area (Å²) in [5.41, 5.74) is 1.50. The van der Waals surface area contributed by atoms with Crippen LogP contribution in [-0.2, 0) is 4.74 Å². The molecule has 0 aliphatic carbocycles. The van der Waals surface area contributed by atoms with E-state index in [-0.39, 0.29) is 18.5 Å². The minimum absolute atomic E-state index is 0.0306. The van der Waals surface area contributed by atoms with Crippen LogP contribution in [-0.4, -0.2) is 23.5 Å². The van der Waals surface area contributed by atoms with Gasteiger partial charge in [0.25, 0.3) is 0 Å². The van der Waals surface area contributed by atoms with Gasteiger partial charge in [-0.1, -0.05) is 18.2 Å². The van der Waals surface area contributed by atoms with Gasteiger partial charge in [-0.15, -0.1) is 0 Å². The van der Waals surface area contributed by atoms with E-state index in [1.807, 2.05) is 44.2 Å². The average Bonchev–Trinajstić information content (AvgIpc) is 2.35. The molecule has 2 rings (SSSR count). The van der Waals surface area contributed by atoms with Gasteiger partial charge in [-0.05, 0) is 26.0 Å². The van der Waals surface area contributed by atoms with Gasteiger partial charge in [0.1, 0.15) is 6.61 Å². The van der Waals surface area contributed by atoms with Crippen molar-refractivity contribution in [2.24, 2.45) is 0 Å². The highest BCUT2D eigenvalue weighted by molar-refractivity contribution is 5.99. The smallest absolute Gasteiger partial charge is 0.190 e. The quantitative estimate of drug-likeness (QED) is 0.757. The van der Waals surface area contributed by atoms with E-state index in [0.29, 0.717) is 5.56 Å². The highest BCUT2D eigenvalue weighted by Gasteiger charge is 2.08. The van der Waals surface area contributed by atoms with Gasteiger partial charge in [-0.3, -0.25) is 9.78 Å². The lowest BCUT2D eigenvalue weighted by atomic mass is 10.1. The Kier molecular flexibility index (Phi) is 3.49. The summed E-state index contributed by atoms with van der Waals surface area (Å²) in [5, 5.41) is 0.975. The molecule has 0 unspecified atom stereocenters. The number of carbonyl (C=O) groups is 1. The summed E-state index contributed by atoms with van der Waals surface area (Å²) in [7, 11) is 0. The van der Waals surface area contributed by atoms with E-state index in [2.05, 4.69) is 4.98 Å². The minimum atomic E-state index is -0.0306. The number of nitrogens with zero attached hydrogens (tertiary/aromatic N) is 1. The predicted octanol–water partition coefficient (Wildman–Crippen LogP) is 2.84. The Bertz CT molecular complexity index is 534. The van der Waals surface area contributed by atoms with Gasteiger partial charge in [0, 0.05) is 17.1 Å². The summed E-state index contributed by atoms with van der Waals surface area (Å²) in [6.07, 6.45) is 1.67. The van der Waals surface area contributed by atoms with Gasteiger partial charge in [-0.25, -0.2) is 0 Å². The van der Waals surface area contributed by atoms with Crippen LogP contribution in [0.5, 0.6) is 0 Å². The molecule has 0 saturated carbocycles. The van der Waals surface area contributed by atoms with E-state index < -0.39 is 0 Å². The maximum Gasteiger partial charge on any atom is 0.190 e. The Labute approximate surface area is 100 Å². The topological polar surface area (TPSA) is 39.2 Å². The third kappa shape index (κ3) is 2.88. The normalized spacial score (nSPS) is 11.0. The van der Waals surface area contributed by atoms with Crippen molar-refractivity contribution in [2.75, 3.05) is 6.61 Å². The number of fused-ring (bicyclic) bond motifs is 1. The van der Waals surface area contributed by atoms with Gasteiger partial charge in [0.15, 0.2) is 5.78 Å². The molecule has 3 heteroatoms. The van der Waals surface area contributed by atoms with Gasteiger partial charge >= 0.3 is 0 Å². The molecule has 0 fully saturated rings. The van der Waals surface area contributed by atoms with Crippen molar-refractivity contribution in [2.45, 2.75) is 20.0 Å². The first-order chi connectivity index (χ1) is 8.16. The van der Waals surface area contributed by atoms with Gasteiger partial charge in [0.2, 0.25) is 0 Å². The molecule has 1 heterocycles. The molecule has 17 heavy (non-hydrogen) atoms. The van der Waals surface area contributed by atoms with Crippen molar-refractivity contribution in [3.63, 3.8) is 0 Å². The molecule has 88 valence electrons. The maximum absolute atomic E-state index is 11.8. The molecule has 2 aromatic rings. The van der Waals surface area contributed by atoms with E-state index in [1.165, 1.54) is 0 Å². The molecule has 0 bridgehead atoms. The summed E-state index contributed by atoms with van der Waals surface area (Å²) < 4.78 is 5.29. The molecule has 0 radical (unpaired) electrons. The molecule has 1 aromatic heterocycles. The van der Waals surface area contributed by atoms with Gasteiger partial charge in [0.05, 0.1) is 11.6 Å². The fraction of sp³-hybridized carbons (Fsp3) is 0.286. The molecule has 0 aliphatic heterocycles. The molecule has 0 N–H and O–H groups in total. The SMILES string of the molecule is CC(C)OCC(=O)c1cnc2ccccc2c1. The number of hydrogen-bond acceptors (Lipinski definition) is 3. The Morgan fingerprint density at radius 3 is 2.88 bits per heavy atom. The van der Waals surface area contributed by atoms with Crippen LogP contribution in [0.2, 0.25) is 0 Å². The Morgan fingerprint density at radius 1 is 1.35 bits per heavy atom. The van der Waals surface area contributed by atoms with Crippen molar-refractivity contribution in [1.82, 2.24) is 4.98 Å². The third-order valence-electron chi connectivity index (χ3n) is 2.46. The summed E-state index contributed by atoms with van der Waals surface area (Å²) >= 11 is 0. The summed E-state index contributed by atoms with van der Waals surface area (Å²) in [5.74, 6) is -0.0306. The van der Waals surface area contributed by atoms with E-state index in [0.717, 1.165) is 10.9 Å². The third-order valence-corrected chi connectivity index (χ3v) is 2.46. The number of ether oxygens (including phenoxy) is 1. The number of carbonyl (C=O) groups excluding carboxylic acids is 1. The predicted molar refractivity (Wildman–Crippen MR) is 67.2 cm³/mol. The largest absolute Gasteiger partial charge is 0.371 e. The lowest BCUT2D eigenvalue weighted by Gasteiger charge is -2.06. The fourth-order valence-electron chi connectivity index (χ4n) is 1.55. The maximum atomic E-state index is 11.8. The van der Waals surface area contributed by atoms with Gasteiger partial charge in [-0.2, -0.15) is 0 Å². The van der Waals surface area contributed by atoms with Crippen LogP contribution in [0.3, 0.4) is 0 Å². The molecule has 0 atom stereocenters. The Balaban J connectivity index is 2.21. The first-order valence-corrected chi connectivity index (χ1v) is 5.66. The summed E-state index contributed by atoms with van der Waals surface area (Å²) in [4.78, 5) is 16.1. The van der Waals surface area contributed by atoms with Gasteiger partial charge < -0.3 is 4.74 Å². The van der Waals surface area contributed by atoms with Crippen molar-refractivity contribution < 1.29 is 9.53 Å². The molecular formula is C14H15NO2. The fourth-order valence-corrected chi connectivity index (χ4v) is 1.55. The Morgan fingerprint density at radius 2 is 2.12 bits per heavy atom. The highest BCUT2D eigenvalue weighted by atomic mass is 16.5. The molecule has 1 aromatic carbocycles. The second kappa shape index (κ2) is 5.06. The monoisotopic (exact) mass is 229 g/mol. The summed E-state index contributed by atoms with van der Waals surface area (Å²) in [6.45, 7) is 3.93. The zero-order chi connectivity index (χ0) is 12.3.